The smallest absolute Gasteiger partial charge is 0.118 e. The quantitative estimate of drug-likeness (QED) is 0.897. The Kier molecular flexibility index (Phi) is 4.22. The second kappa shape index (κ2) is 5.89. The SMILES string of the molecule is COc1ccc(C(C)NCc2cnn(C)c2C)cc1. The van der Waals surface area contributed by atoms with Crippen LogP contribution in [0.15, 0.2) is 30.5 Å². The minimum Gasteiger partial charge on any atom is -0.497 e. The second-order valence-corrected chi connectivity index (χ2v) is 4.75. The highest BCUT2D eigenvalue weighted by Gasteiger charge is 2.08. The van der Waals surface area contributed by atoms with Crippen molar-refractivity contribution in [1.29, 1.82) is 0 Å². The molecule has 4 heteroatoms. The molecule has 0 bridgehead atoms. The molecule has 0 radical (unpaired) electrons. The zero-order valence-corrected chi connectivity index (χ0v) is 12.0. The maximum atomic E-state index is 5.17. The molecule has 0 saturated carbocycles. The number of hydrogen-bond acceptors (Lipinski definition) is 3. The molecule has 1 N–H and O–H groups in total. The van der Waals surface area contributed by atoms with Gasteiger partial charge in [-0.3, -0.25) is 4.68 Å². The standard InChI is InChI=1S/C15H21N3O/c1-11(13-5-7-15(19-4)8-6-13)16-9-14-10-17-18(3)12(14)2/h5-8,10-11,16H,9H2,1-4H3. The third-order valence-electron chi connectivity index (χ3n) is 3.55. The molecule has 1 aromatic carbocycles. The van der Waals surface area contributed by atoms with Crippen LogP contribution >= 0.6 is 0 Å². The highest BCUT2D eigenvalue weighted by molar-refractivity contribution is 5.29. The molecule has 1 atom stereocenters. The van der Waals surface area contributed by atoms with Gasteiger partial charge < -0.3 is 10.1 Å². The highest BCUT2D eigenvalue weighted by atomic mass is 16.5. The molecule has 102 valence electrons. The number of aryl methyl sites for hydroxylation is 1. The van der Waals surface area contributed by atoms with Gasteiger partial charge in [0.1, 0.15) is 5.75 Å². The van der Waals surface area contributed by atoms with E-state index in [0.29, 0.717) is 6.04 Å². The number of rotatable bonds is 5. The predicted octanol–water partition coefficient (Wildman–Crippen LogP) is 2.59. The number of hydrogen-bond donors (Lipinski definition) is 1. The summed E-state index contributed by atoms with van der Waals surface area (Å²) in [5.41, 5.74) is 3.69. The molecular weight excluding hydrogens is 238 g/mol. The molecule has 4 nitrogen and oxygen atoms in total. The predicted molar refractivity (Wildman–Crippen MR) is 76.2 cm³/mol. The first-order chi connectivity index (χ1) is 9.11. The van der Waals surface area contributed by atoms with Crippen molar-refractivity contribution in [2.45, 2.75) is 26.4 Å². The van der Waals surface area contributed by atoms with Crippen molar-refractivity contribution in [3.63, 3.8) is 0 Å². The molecule has 1 unspecified atom stereocenters. The average molecular weight is 259 g/mol. The van der Waals surface area contributed by atoms with Gasteiger partial charge in [-0.05, 0) is 31.5 Å². The summed E-state index contributed by atoms with van der Waals surface area (Å²) < 4.78 is 7.06. The molecular formula is C15H21N3O. The molecule has 0 saturated heterocycles. The zero-order valence-electron chi connectivity index (χ0n) is 12.0. The highest BCUT2D eigenvalue weighted by Crippen LogP contribution is 2.18. The first-order valence-corrected chi connectivity index (χ1v) is 6.46. The van der Waals surface area contributed by atoms with Gasteiger partial charge in [0.25, 0.3) is 0 Å². The van der Waals surface area contributed by atoms with Crippen molar-refractivity contribution < 1.29 is 4.74 Å². The van der Waals surface area contributed by atoms with Crippen molar-refractivity contribution in [3.05, 3.63) is 47.3 Å². The Morgan fingerprint density at radius 1 is 1.32 bits per heavy atom. The average Bonchev–Trinajstić information content (AvgIpc) is 2.76. The lowest BCUT2D eigenvalue weighted by molar-refractivity contribution is 0.414. The van der Waals surface area contributed by atoms with Gasteiger partial charge >= 0.3 is 0 Å². The van der Waals surface area contributed by atoms with Gasteiger partial charge in [-0.1, -0.05) is 12.1 Å². The molecule has 0 aliphatic rings. The van der Waals surface area contributed by atoms with E-state index in [-0.39, 0.29) is 0 Å². The summed E-state index contributed by atoms with van der Waals surface area (Å²) in [6, 6.07) is 8.45. The zero-order chi connectivity index (χ0) is 13.8. The van der Waals surface area contributed by atoms with E-state index in [1.54, 1.807) is 7.11 Å². The van der Waals surface area contributed by atoms with Crippen LogP contribution in [-0.4, -0.2) is 16.9 Å². The molecule has 1 aromatic heterocycles. The van der Waals surface area contributed by atoms with Crippen LogP contribution in [-0.2, 0) is 13.6 Å². The monoisotopic (exact) mass is 259 g/mol. The maximum Gasteiger partial charge on any atom is 0.118 e. The lowest BCUT2D eigenvalue weighted by Gasteiger charge is -2.14. The Morgan fingerprint density at radius 3 is 2.53 bits per heavy atom. The third kappa shape index (κ3) is 3.15. The molecule has 0 aliphatic carbocycles. The first-order valence-electron chi connectivity index (χ1n) is 6.46. The lowest BCUT2D eigenvalue weighted by atomic mass is 10.1. The number of nitrogens with zero attached hydrogens (tertiary/aromatic N) is 2. The van der Waals surface area contributed by atoms with Gasteiger partial charge in [-0.2, -0.15) is 5.10 Å². The number of ether oxygens (including phenoxy) is 1. The summed E-state index contributed by atoms with van der Waals surface area (Å²) in [7, 11) is 3.65. The Morgan fingerprint density at radius 2 is 2.00 bits per heavy atom. The van der Waals surface area contributed by atoms with E-state index in [1.165, 1.54) is 16.8 Å². The second-order valence-electron chi connectivity index (χ2n) is 4.75. The van der Waals surface area contributed by atoms with Crippen molar-refractivity contribution in [2.75, 3.05) is 7.11 Å². The topological polar surface area (TPSA) is 39.1 Å². The number of methoxy groups -OCH3 is 1. The minimum absolute atomic E-state index is 0.297. The van der Waals surface area contributed by atoms with Crippen LogP contribution in [0.2, 0.25) is 0 Å². The van der Waals surface area contributed by atoms with E-state index in [9.17, 15) is 0 Å². The van der Waals surface area contributed by atoms with Gasteiger partial charge in [0, 0.05) is 30.9 Å². The van der Waals surface area contributed by atoms with Gasteiger partial charge in [0.05, 0.1) is 13.3 Å². The lowest BCUT2D eigenvalue weighted by Crippen LogP contribution is -2.18. The summed E-state index contributed by atoms with van der Waals surface area (Å²) in [6.45, 7) is 5.07. The van der Waals surface area contributed by atoms with Crippen LogP contribution in [0.3, 0.4) is 0 Å². The van der Waals surface area contributed by atoms with Crippen LogP contribution in [0.5, 0.6) is 5.75 Å². The molecule has 19 heavy (non-hydrogen) atoms. The fraction of sp³-hybridized carbons (Fsp3) is 0.400. The number of nitrogens with one attached hydrogen (secondary N) is 1. The van der Waals surface area contributed by atoms with E-state index in [2.05, 4.69) is 36.4 Å². The third-order valence-corrected chi connectivity index (χ3v) is 3.55. The first kappa shape index (κ1) is 13.6. The largest absolute Gasteiger partial charge is 0.497 e. The van der Waals surface area contributed by atoms with Gasteiger partial charge in [0.15, 0.2) is 0 Å². The van der Waals surface area contributed by atoms with Gasteiger partial charge in [-0.25, -0.2) is 0 Å². The van der Waals surface area contributed by atoms with Crippen molar-refractivity contribution in [2.24, 2.45) is 7.05 Å². The van der Waals surface area contributed by atoms with Crippen molar-refractivity contribution >= 4 is 0 Å². The van der Waals surface area contributed by atoms with Crippen molar-refractivity contribution in [3.8, 4) is 5.75 Å². The van der Waals surface area contributed by atoms with Crippen LogP contribution in [0.4, 0.5) is 0 Å². The summed E-state index contributed by atoms with van der Waals surface area (Å²) >= 11 is 0. The Balaban J connectivity index is 1.97. The fourth-order valence-electron chi connectivity index (χ4n) is 1.99. The molecule has 0 amide bonds. The van der Waals surface area contributed by atoms with Gasteiger partial charge in [-0.15, -0.1) is 0 Å². The molecule has 0 fully saturated rings. The number of aromatic nitrogens is 2. The maximum absolute atomic E-state index is 5.17. The summed E-state index contributed by atoms with van der Waals surface area (Å²) in [5, 5.41) is 7.76. The molecule has 0 aliphatic heterocycles. The Hall–Kier alpha value is -1.81. The summed E-state index contributed by atoms with van der Waals surface area (Å²) in [6.07, 6.45) is 1.92. The summed E-state index contributed by atoms with van der Waals surface area (Å²) in [5.74, 6) is 0.888. The van der Waals surface area contributed by atoms with Crippen LogP contribution in [0.25, 0.3) is 0 Å². The minimum atomic E-state index is 0.297. The van der Waals surface area contributed by atoms with E-state index < -0.39 is 0 Å². The molecule has 0 spiro atoms. The van der Waals surface area contributed by atoms with Crippen LogP contribution in [0, 0.1) is 6.92 Å². The van der Waals surface area contributed by atoms with E-state index >= 15 is 0 Å². The van der Waals surface area contributed by atoms with Crippen LogP contribution < -0.4 is 10.1 Å². The van der Waals surface area contributed by atoms with Gasteiger partial charge in [0.2, 0.25) is 0 Å². The van der Waals surface area contributed by atoms with Crippen molar-refractivity contribution in [1.82, 2.24) is 15.1 Å². The number of benzene rings is 1. The molecule has 2 aromatic rings. The van der Waals surface area contributed by atoms with E-state index in [0.717, 1.165) is 12.3 Å². The normalized spacial score (nSPS) is 12.4. The van der Waals surface area contributed by atoms with E-state index in [4.69, 9.17) is 4.74 Å². The van der Waals surface area contributed by atoms with Crippen LogP contribution in [0.1, 0.15) is 29.8 Å². The molecule has 1 heterocycles. The molecule has 2 rings (SSSR count). The van der Waals surface area contributed by atoms with E-state index in [1.807, 2.05) is 30.1 Å². The Labute approximate surface area is 114 Å². The Bertz CT molecular complexity index is 531. The summed E-state index contributed by atoms with van der Waals surface area (Å²) in [4.78, 5) is 0. The fourth-order valence-corrected chi connectivity index (χ4v) is 1.99.